The quantitative estimate of drug-likeness (QED) is 0.331. The van der Waals surface area contributed by atoms with Gasteiger partial charge < -0.3 is 14.6 Å². The molecule has 27 heavy (non-hydrogen) atoms. The summed E-state index contributed by atoms with van der Waals surface area (Å²) in [5.41, 5.74) is 1.17. The fourth-order valence-corrected chi connectivity index (χ4v) is 2.48. The van der Waals surface area contributed by atoms with Crippen LogP contribution in [0.15, 0.2) is 36.4 Å². The molecular weight excluding hydrogens is 376 g/mol. The molecular formula is C18H13ClN2O6. The molecule has 0 saturated carbocycles. The van der Waals surface area contributed by atoms with Crippen molar-refractivity contribution in [1.29, 1.82) is 5.26 Å². The highest BCUT2D eigenvalue weighted by atomic mass is 35.5. The van der Waals surface area contributed by atoms with Crippen LogP contribution in [0.25, 0.3) is 11.6 Å². The molecule has 138 valence electrons. The number of allylic oxidation sites excluding steroid dienone is 1. The number of methoxy groups -OCH3 is 1. The summed E-state index contributed by atoms with van der Waals surface area (Å²) >= 11 is 6.14. The molecule has 0 aliphatic heterocycles. The van der Waals surface area contributed by atoms with Gasteiger partial charge in [-0.2, -0.15) is 5.26 Å². The normalized spacial score (nSPS) is 10.8. The number of carboxylic acid groups (broad SMARTS) is 1. The predicted octanol–water partition coefficient (Wildman–Crippen LogP) is 3.78. The molecule has 0 unspecified atom stereocenters. The summed E-state index contributed by atoms with van der Waals surface area (Å²) in [5.74, 6) is -0.884. The fraction of sp³-hybridized carbons (Fsp3) is 0.111. The molecule has 0 fully saturated rings. The molecule has 8 nitrogen and oxygen atoms in total. The zero-order chi connectivity index (χ0) is 20.0. The number of nitro benzene ring substituents is 1. The van der Waals surface area contributed by atoms with E-state index in [0.717, 1.165) is 0 Å². The Morgan fingerprint density at radius 2 is 2.04 bits per heavy atom. The molecule has 0 radical (unpaired) electrons. The number of halogens is 1. The van der Waals surface area contributed by atoms with Crippen LogP contribution in [0, 0.1) is 21.4 Å². The van der Waals surface area contributed by atoms with Crippen molar-refractivity contribution >= 4 is 34.9 Å². The number of nitro groups is 1. The lowest BCUT2D eigenvalue weighted by atomic mass is 10.0. The lowest BCUT2D eigenvalue weighted by Crippen LogP contribution is -2.10. The standard InChI is InChI=1S/C18H13ClN2O6/c1-26-16-8-11(7-15(19)18(16)27-10-17(22)23)6-13(9-20)12-2-4-14(5-3-12)21(24)25/h2-8H,10H2,1H3,(H,22,23)/b13-6+. The molecule has 0 aliphatic carbocycles. The van der Waals surface area contributed by atoms with Gasteiger partial charge in [-0.05, 0) is 41.5 Å². The molecule has 0 spiro atoms. The van der Waals surface area contributed by atoms with Gasteiger partial charge in [-0.1, -0.05) is 11.6 Å². The molecule has 2 aromatic rings. The van der Waals surface area contributed by atoms with Crippen LogP contribution in [0.2, 0.25) is 5.02 Å². The number of hydrogen-bond donors (Lipinski definition) is 1. The number of non-ortho nitro benzene ring substituents is 1. The first-order chi connectivity index (χ1) is 12.8. The van der Waals surface area contributed by atoms with Gasteiger partial charge in [0.05, 0.1) is 28.7 Å². The van der Waals surface area contributed by atoms with Crippen molar-refractivity contribution in [3.05, 3.63) is 62.7 Å². The molecule has 0 heterocycles. The van der Waals surface area contributed by atoms with E-state index in [1.165, 1.54) is 49.6 Å². The van der Waals surface area contributed by atoms with Crippen LogP contribution in [0.5, 0.6) is 11.5 Å². The first-order valence-corrected chi connectivity index (χ1v) is 7.82. The van der Waals surface area contributed by atoms with Gasteiger partial charge in [0.25, 0.3) is 5.69 Å². The van der Waals surface area contributed by atoms with Gasteiger partial charge >= 0.3 is 5.97 Å². The summed E-state index contributed by atoms with van der Waals surface area (Å²) in [7, 11) is 1.37. The van der Waals surface area contributed by atoms with Gasteiger partial charge in [0.1, 0.15) is 0 Å². The van der Waals surface area contributed by atoms with Crippen LogP contribution in [-0.4, -0.2) is 29.7 Å². The third-order valence-electron chi connectivity index (χ3n) is 3.41. The van der Waals surface area contributed by atoms with E-state index in [1.54, 1.807) is 0 Å². The van der Waals surface area contributed by atoms with Crippen LogP contribution in [0.4, 0.5) is 5.69 Å². The van der Waals surface area contributed by atoms with Crippen molar-refractivity contribution in [2.75, 3.05) is 13.7 Å². The Hall–Kier alpha value is -3.57. The van der Waals surface area contributed by atoms with Crippen LogP contribution in [-0.2, 0) is 4.79 Å². The number of hydrogen-bond acceptors (Lipinski definition) is 6. The van der Waals surface area contributed by atoms with E-state index in [2.05, 4.69) is 0 Å². The summed E-state index contributed by atoms with van der Waals surface area (Å²) in [6.07, 6.45) is 1.52. The van der Waals surface area contributed by atoms with Crippen molar-refractivity contribution < 1.29 is 24.3 Å². The van der Waals surface area contributed by atoms with E-state index >= 15 is 0 Å². The molecule has 2 rings (SSSR count). The van der Waals surface area contributed by atoms with E-state index in [9.17, 15) is 20.2 Å². The molecule has 2 aromatic carbocycles. The lowest BCUT2D eigenvalue weighted by molar-refractivity contribution is -0.384. The molecule has 0 atom stereocenters. The zero-order valence-corrected chi connectivity index (χ0v) is 14.8. The van der Waals surface area contributed by atoms with E-state index in [0.29, 0.717) is 11.1 Å². The Morgan fingerprint density at radius 1 is 1.37 bits per heavy atom. The second-order valence-electron chi connectivity index (χ2n) is 5.19. The third kappa shape index (κ3) is 4.96. The lowest BCUT2D eigenvalue weighted by Gasteiger charge is -2.12. The number of carboxylic acids is 1. The smallest absolute Gasteiger partial charge is 0.341 e. The van der Waals surface area contributed by atoms with Crippen LogP contribution in [0.1, 0.15) is 11.1 Å². The van der Waals surface area contributed by atoms with Crippen molar-refractivity contribution in [1.82, 2.24) is 0 Å². The molecule has 0 bridgehead atoms. The fourth-order valence-electron chi connectivity index (χ4n) is 2.21. The third-order valence-corrected chi connectivity index (χ3v) is 3.69. The number of carbonyl (C=O) groups is 1. The monoisotopic (exact) mass is 388 g/mol. The molecule has 1 N–H and O–H groups in total. The average Bonchev–Trinajstić information content (AvgIpc) is 2.64. The minimum atomic E-state index is -1.16. The number of aliphatic carboxylic acids is 1. The summed E-state index contributed by atoms with van der Waals surface area (Å²) in [6, 6.07) is 10.6. The maximum Gasteiger partial charge on any atom is 0.341 e. The maximum absolute atomic E-state index is 10.7. The number of rotatable bonds is 7. The minimum Gasteiger partial charge on any atom is -0.493 e. The molecule has 0 amide bonds. The van der Waals surface area contributed by atoms with Gasteiger partial charge in [0, 0.05) is 12.1 Å². The summed E-state index contributed by atoms with van der Waals surface area (Å²) in [5, 5.41) is 29.0. The molecule has 0 saturated heterocycles. The van der Waals surface area contributed by atoms with E-state index < -0.39 is 17.5 Å². The van der Waals surface area contributed by atoms with E-state index in [4.69, 9.17) is 26.2 Å². The average molecular weight is 389 g/mol. The van der Waals surface area contributed by atoms with Crippen molar-refractivity contribution in [2.24, 2.45) is 0 Å². The Balaban J connectivity index is 2.40. The van der Waals surface area contributed by atoms with Crippen LogP contribution < -0.4 is 9.47 Å². The largest absolute Gasteiger partial charge is 0.493 e. The zero-order valence-electron chi connectivity index (χ0n) is 14.0. The van der Waals surface area contributed by atoms with Gasteiger partial charge in [-0.3, -0.25) is 10.1 Å². The highest BCUT2D eigenvalue weighted by Gasteiger charge is 2.14. The van der Waals surface area contributed by atoms with Crippen molar-refractivity contribution in [2.45, 2.75) is 0 Å². The van der Waals surface area contributed by atoms with E-state index in [-0.39, 0.29) is 27.8 Å². The highest BCUT2D eigenvalue weighted by Crippen LogP contribution is 2.37. The Bertz CT molecular complexity index is 948. The van der Waals surface area contributed by atoms with Gasteiger partial charge in [0.2, 0.25) is 0 Å². The van der Waals surface area contributed by atoms with E-state index in [1.807, 2.05) is 6.07 Å². The van der Waals surface area contributed by atoms with Gasteiger partial charge in [-0.25, -0.2) is 4.79 Å². The number of ether oxygens (including phenoxy) is 2. The second-order valence-corrected chi connectivity index (χ2v) is 5.60. The second kappa shape index (κ2) is 8.69. The van der Waals surface area contributed by atoms with Crippen molar-refractivity contribution in [3.8, 4) is 17.6 Å². The number of nitrogens with zero attached hydrogens (tertiary/aromatic N) is 2. The predicted molar refractivity (Wildman–Crippen MR) is 97.7 cm³/mol. The Morgan fingerprint density at radius 3 is 2.56 bits per heavy atom. The molecule has 0 aromatic heterocycles. The van der Waals surface area contributed by atoms with Gasteiger partial charge in [-0.15, -0.1) is 0 Å². The van der Waals surface area contributed by atoms with Crippen LogP contribution in [0.3, 0.4) is 0 Å². The molecule has 0 aliphatic rings. The topological polar surface area (TPSA) is 123 Å². The first-order valence-electron chi connectivity index (χ1n) is 7.44. The first kappa shape index (κ1) is 19.8. The maximum atomic E-state index is 10.7. The summed E-state index contributed by atoms with van der Waals surface area (Å²) in [6.45, 7) is -0.586. The Labute approximate surface area is 159 Å². The number of nitriles is 1. The summed E-state index contributed by atoms with van der Waals surface area (Å²) < 4.78 is 10.3. The Kier molecular flexibility index (Phi) is 6.36. The number of benzene rings is 2. The SMILES string of the molecule is COc1cc(/C=C(\C#N)c2ccc([N+](=O)[O-])cc2)cc(Cl)c1OCC(=O)O. The summed E-state index contributed by atoms with van der Waals surface area (Å²) in [4.78, 5) is 20.9. The van der Waals surface area contributed by atoms with Crippen LogP contribution >= 0.6 is 11.6 Å². The highest BCUT2D eigenvalue weighted by molar-refractivity contribution is 6.32. The minimum absolute atomic E-state index is 0.0764. The molecule has 9 heteroatoms. The van der Waals surface area contributed by atoms with Crippen molar-refractivity contribution in [3.63, 3.8) is 0 Å². The van der Waals surface area contributed by atoms with Gasteiger partial charge in [0.15, 0.2) is 18.1 Å².